The maximum absolute atomic E-state index is 5.57. The molecule has 3 saturated heterocycles. The first-order valence-electron chi connectivity index (χ1n) is 7.87. The van der Waals surface area contributed by atoms with Gasteiger partial charge < -0.3 is 9.64 Å². The van der Waals surface area contributed by atoms with Crippen LogP contribution in [0.25, 0.3) is 0 Å². The molecule has 0 radical (unpaired) electrons. The van der Waals surface area contributed by atoms with Crippen LogP contribution in [0.2, 0.25) is 0 Å². The van der Waals surface area contributed by atoms with Crippen molar-refractivity contribution in [3.8, 4) is 5.75 Å². The van der Waals surface area contributed by atoms with E-state index in [4.69, 9.17) is 4.74 Å². The van der Waals surface area contributed by atoms with Gasteiger partial charge in [-0.1, -0.05) is 0 Å². The predicted molar refractivity (Wildman–Crippen MR) is 79.3 cm³/mol. The van der Waals surface area contributed by atoms with Crippen LogP contribution in [0, 0.1) is 5.92 Å². The van der Waals surface area contributed by atoms with Crippen molar-refractivity contribution >= 4 is 5.69 Å². The van der Waals surface area contributed by atoms with Crippen LogP contribution in [0.15, 0.2) is 18.5 Å². The Morgan fingerprint density at radius 3 is 3.10 bits per heavy atom. The van der Waals surface area contributed by atoms with Crippen molar-refractivity contribution in [1.29, 1.82) is 0 Å². The van der Waals surface area contributed by atoms with Crippen molar-refractivity contribution in [3.63, 3.8) is 0 Å². The maximum Gasteiger partial charge on any atom is 0.139 e. The van der Waals surface area contributed by atoms with E-state index >= 15 is 0 Å². The van der Waals surface area contributed by atoms with E-state index in [1.54, 1.807) is 6.20 Å². The zero-order valence-corrected chi connectivity index (χ0v) is 12.2. The molecule has 20 heavy (non-hydrogen) atoms. The molecule has 0 aromatic carbocycles. The second kappa shape index (κ2) is 4.62. The molecule has 1 spiro atoms. The zero-order chi connectivity index (χ0) is 13.6. The lowest BCUT2D eigenvalue weighted by Crippen LogP contribution is -2.46. The van der Waals surface area contributed by atoms with Gasteiger partial charge in [-0.3, -0.25) is 9.88 Å². The van der Waals surface area contributed by atoms with E-state index in [1.165, 1.54) is 44.6 Å². The second-order valence-corrected chi connectivity index (χ2v) is 6.51. The van der Waals surface area contributed by atoms with E-state index in [1.807, 2.05) is 13.1 Å². The van der Waals surface area contributed by atoms with Crippen LogP contribution in [0.1, 0.15) is 26.2 Å². The monoisotopic (exact) mass is 273 g/mol. The zero-order valence-electron chi connectivity index (χ0n) is 12.2. The number of ether oxygens (including phenoxy) is 1. The molecule has 1 aromatic rings. The molecule has 4 heteroatoms. The Morgan fingerprint density at radius 2 is 2.35 bits per heavy atom. The quantitative estimate of drug-likeness (QED) is 0.844. The smallest absolute Gasteiger partial charge is 0.139 e. The van der Waals surface area contributed by atoms with Crippen molar-refractivity contribution in [1.82, 2.24) is 9.88 Å². The van der Waals surface area contributed by atoms with Crippen molar-refractivity contribution in [2.75, 3.05) is 37.7 Å². The van der Waals surface area contributed by atoms with Gasteiger partial charge in [0.15, 0.2) is 0 Å². The van der Waals surface area contributed by atoms with Gasteiger partial charge in [-0.2, -0.15) is 0 Å². The van der Waals surface area contributed by atoms with Gasteiger partial charge >= 0.3 is 0 Å². The third kappa shape index (κ3) is 1.89. The highest BCUT2D eigenvalue weighted by atomic mass is 16.5. The summed E-state index contributed by atoms with van der Waals surface area (Å²) >= 11 is 0. The van der Waals surface area contributed by atoms with Gasteiger partial charge in [0.05, 0.1) is 24.7 Å². The molecule has 1 aromatic heterocycles. The van der Waals surface area contributed by atoms with E-state index in [0.29, 0.717) is 12.1 Å². The Kier molecular flexibility index (Phi) is 2.88. The number of fused-ring (bicyclic) bond motifs is 3. The first-order chi connectivity index (χ1) is 9.79. The molecule has 2 bridgehead atoms. The summed E-state index contributed by atoms with van der Waals surface area (Å²) < 4.78 is 5.57. The third-order valence-electron chi connectivity index (χ3n) is 5.33. The number of piperidine rings is 1. The lowest BCUT2D eigenvalue weighted by molar-refractivity contribution is 0.155. The van der Waals surface area contributed by atoms with Crippen LogP contribution in [0.5, 0.6) is 5.75 Å². The molecule has 4 heterocycles. The summed E-state index contributed by atoms with van der Waals surface area (Å²) in [4.78, 5) is 9.57. The summed E-state index contributed by atoms with van der Waals surface area (Å²) in [5, 5.41) is 0. The van der Waals surface area contributed by atoms with Crippen molar-refractivity contribution < 1.29 is 4.74 Å². The highest BCUT2D eigenvalue weighted by Crippen LogP contribution is 2.46. The van der Waals surface area contributed by atoms with E-state index in [9.17, 15) is 0 Å². The number of anilines is 1. The fraction of sp³-hybridized carbons (Fsp3) is 0.688. The van der Waals surface area contributed by atoms with Crippen LogP contribution in [0.3, 0.4) is 0 Å². The van der Waals surface area contributed by atoms with E-state index in [2.05, 4.69) is 20.9 Å². The average molecular weight is 273 g/mol. The fourth-order valence-corrected chi connectivity index (χ4v) is 4.42. The molecule has 4 nitrogen and oxygen atoms in total. The lowest BCUT2D eigenvalue weighted by Gasteiger charge is -2.36. The summed E-state index contributed by atoms with van der Waals surface area (Å²) in [6, 6.07) is 2.14. The molecule has 108 valence electrons. The third-order valence-corrected chi connectivity index (χ3v) is 5.33. The molecule has 0 amide bonds. The van der Waals surface area contributed by atoms with Crippen LogP contribution < -0.4 is 9.64 Å². The van der Waals surface area contributed by atoms with E-state index in [-0.39, 0.29) is 0 Å². The number of pyridine rings is 1. The topological polar surface area (TPSA) is 28.6 Å². The minimum atomic E-state index is 0.463. The number of rotatable bonds is 3. The Morgan fingerprint density at radius 1 is 1.40 bits per heavy atom. The predicted octanol–water partition coefficient (Wildman–Crippen LogP) is 2.15. The number of hydrogen-bond acceptors (Lipinski definition) is 4. The molecule has 3 atom stereocenters. The van der Waals surface area contributed by atoms with Crippen molar-refractivity contribution in [2.24, 2.45) is 5.92 Å². The molecule has 3 aliphatic heterocycles. The van der Waals surface area contributed by atoms with E-state index in [0.717, 1.165) is 18.2 Å². The Labute approximate surface area is 120 Å². The first-order valence-corrected chi connectivity index (χ1v) is 7.87. The number of hydrogen-bond donors (Lipinski definition) is 0. The molecular weight excluding hydrogens is 250 g/mol. The molecule has 3 fully saturated rings. The SMILES string of the molecule is CCOc1cncc(N2CCC3(C[C@H]4CCN3C4)C2)c1. The lowest BCUT2D eigenvalue weighted by atomic mass is 9.87. The van der Waals surface area contributed by atoms with Crippen molar-refractivity contribution in [3.05, 3.63) is 18.5 Å². The largest absolute Gasteiger partial charge is 0.492 e. The molecule has 2 unspecified atom stereocenters. The Balaban J connectivity index is 1.52. The van der Waals surface area contributed by atoms with Gasteiger partial charge in [0.1, 0.15) is 5.75 Å². The van der Waals surface area contributed by atoms with Gasteiger partial charge in [0.2, 0.25) is 0 Å². The summed E-state index contributed by atoms with van der Waals surface area (Å²) in [6.07, 6.45) is 7.91. The summed E-state index contributed by atoms with van der Waals surface area (Å²) in [7, 11) is 0. The molecule has 0 aliphatic carbocycles. The van der Waals surface area contributed by atoms with Gasteiger partial charge in [-0.05, 0) is 38.6 Å². The highest BCUT2D eigenvalue weighted by molar-refractivity contribution is 5.50. The summed E-state index contributed by atoms with van der Waals surface area (Å²) in [5.41, 5.74) is 1.68. The van der Waals surface area contributed by atoms with Gasteiger partial charge in [-0.15, -0.1) is 0 Å². The van der Waals surface area contributed by atoms with E-state index < -0.39 is 0 Å². The molecule has 4 rings (SSSR count). The van der Waals surface area contributed by atoms with Crippen LogP contribution in [-0.2, 0) is 0 Å². The standard InChI is InChI=1S/C16H23N3O/c1-2-20-15-7-14(9-17-10-15)18-6-4-16(12-18)8-13-3-5-19(16)11-13/h7,9-10,13H,2-6,8,11-12H2,1H3/t13-,16?/m1/s1. The van der Waals surface area contributed by atoms with Gasteiger partial charge in [-0.25, -0.2) is 0 Å². The van der Waals surface area contributed by atoms with Crippen molar-refractivity contribution in [2.45, 2.75) is 31.7 Å². The average Bonchev–Trinajstić information content (AvgIpc) is 3.16. The molecule has 0 N–H and O–H groups in total. The fourth-order valence-electron chi connectivity index (χ4n) is 4.42. The minimum Gasteiger partial charge on any atom is -0.492 e. The summed E-state index contributed by atoms with van der Waals surface area (Å²) in [6.45, 7) is 7.69. The van der Waals surface area contributed by atoms with Crippen LogP contribution in [-0.4, -0.2) is 48.2 Å². The minimum absolute atomic E-state index is 0.463. The molecule has 0 saturated carbocycles. The van der Waals surface area contributed by atoms with Gasteiger partial charge in [0.25, 0.3) is 0 Å². The maximum atomic E-state index is 5.57. The van der Waals surface area contributed by atoms with Gasteiger partial charge in [0, 0.05) is 31.2 Å². The summed E-state index contributed by atoms with van der Waals surface area (Å²) in [5.74, 6) is 1.85. The second-order valence-electron chi connectivity index (χ2n) is 6.51. The van der Waals surface area contributed by atoms with Crippen LogP contribution in [0.4, 0.5) is 5.69 Å². The normalized spacial score (nSPS) is 35.1. The Bertz CT molecular complexity index is 506. The first kappa shape index (κ1) is 12.5. The van der Waals surface area contributed by atoms with Crippen LogP contribution >= 0.6 is 0 Å². The number of aromatic nitrogens is 1. The Hall–Kier alpha value is -1.29. The highest BCUT2D eigenvalue weighted by Gasteiger charge is 2.52. The number of nitrogens with zero attached hydrogens (tertiary/aromatic N) is 3. The molecular formula is C16H23N3O. The molecule has 3 aliphatic rings.